The van der Waals surface area contributed by atoms with Crippen LogP contribution in [0.15, 0.2) is 30.3 Å². The molecule has 0 fully saturated rings. The molecule has 0 bridgehead atoms. The van der Waals surface area contributed by atoms with Gasteiger partial charge in [-0.3, -0.25) is 4.79 Å². The minimum absolute atomic E-state index is 0.308. The van der Waals surface area contributed by atoms with Gasteiger partial charge in [-0.1, -0.05) is 22.9 Å². The number of amides is 1. The van der Waals surface area contributed by atoms with Crippen LogP contribution in [-0.4, -0.2) is 33.5 Å². The standard InChI is InChI=1S/C19H19ClN4O3/c1-4-24-16-6-5-13(9-15(16)22-23-24)19(26)27-10-17(25)21-18-12(3)7-11(2)8-14(18)20/h5-9H,4,10H2,1-3H3,(H,21,25). The predicted octanol–water partition coefficient (Wildman–Crippen LogP) is 3.52. The second-order valence-corrected chi connectivity index (χ2v) is 6.58. The Balaban J connectivity index is 1.64. The fourth-order valence-corrected chi connectivity index (χ4v) is 3.17. The third-order valence-corrected chi connectivity index (χ3v) is 4.38. The van der Waals surface area contributed by atoms with Crippen LogP contribution < -0.4 is 5.32 Å². The van der Waals surface area contributed by atoms with Crippen LogP contribution in [0.25, 0.3) is 11.0 Å². The van der Waals surface area contributed by atoms with Crippen molar-refractivity contribution in [1.82, 2.24) is 15.0 Å². The molecule has 0 aliphatic rings. The maximum Gasteiger partial charge on any atom is 0.338 e. The lowest BCUT2D eigenvalue weighted by molar-refractivity contribution is -0.119. The molecule has 0 saturated heterocycles. The molecule has 3 aromatic rings. The van der Waals surface area contributed by atoms with Crippen molar-refractivity contribution in [3.05, 3.63) is 52.0 Å². The Morgan fingerprint density at radius 3 is 2.70 bits per heavy atom. The van der Waals surface area contributed by atoms with Crippen molar-refractivity contribution < 1.29 is 14.3 Å². The molecule has 1 amide bonds. The summed E-state index contributed by atoms with van der Waals surface area (Å²) in [5.74, 6) is -1.07. The average Bonchev–Trinajstić information content (AvgIpc) is 3.05. The maximum absolute atomic E-state index is 12.2. The molecule has 0 unspecified atom stereocenters. The van der Waals surface area contributed by atoms with Crippen LogP contribution in [0, 0.1) is 13.8 Å². The molecule has 1 heterocycles. The maximum atomic E-state index is 12.2. The molecular weight excluding hydrogens is 368 g/mol. The van der Waals surface area contributed by atoms with E-state index in [-0.39, 0.29) is 0 Å². The molecule has 0 saturated carbocycles. The lowest BCUT2D eigenvalue weighted by atomic mass is 10.1. The van der Waals surface area contributed by atoms with Crippen LogP contribution in [0.1, 0.15) is 28.4 Å². The Bertz CT molecular complexity index is 1010. The molecule has 0 aliphatic carbocycles. The monoisotopic (exact) mass is 386 g/mol. The summed E-state index contributed by atoms with van der Waals surface area (Å²) in [4.78, 5) is 24.3. The van der Waals surface area contributed by atoms with E-state index in [1.165, 1.54) is 0 Å². The summed E-state index contributed by atoms with van der Waals surface area (Å²) >= 11 is 6.17. The zero-order valence-electron chi connectivity index (χ0n) is 15.2. The zero-order valence-corrected chi connectivity index (χ0v) is 16.0. The lowest BCUT2D eigenvalue weighted by Crippen LogP contribution is -2.21. The molecule has 0 atom stereocenters. The summed E-state index contributed by atoms with van der Waals surface area (Å²) in [6, 6.07) is 8.64. The Hall–Kier alpha value is -2.93. The van der Waals surface area contributed by atoms with Gasteiger partial charge in [0.15, 0.2) is 6.61 Å². The van der Waals surface area contributed by atoms with Crippen molar-refractivity contribution in [3.63, 3.8) is 0 Å². The minimum atomic E-state index is -0.607. The molecule has 1 N–H and O–H groups in total. The van der Waals surface area contributed by atoms with E-state index in [1.807, 2.05) is 26.8 Å². The average molecular weight is 387 g/mol. The highest BCUT2D eigenvalue weighted by molar-refractivity contribution is 6.34. The predicted molar refractivity (Wildman–Crippen MR) is 103 cm³/mol. The molecule has 0 aliphatic heterocycles. The van der Waals surface area contributed by atoms with Crippen molar-refractivity contribution >= 4 is 40.2 Å². The number of anilines is 1. The number of carbonyl (C=O) groups is 2. The minimum Gasteiger partial charge on any atom is -0.452 e. The number of benzene rings is 2. The van der Waals surface area contributed by atoms with E-state index in [4.69, 9.17) is 16.3 Å². The first-order valence-electron chi connectivity index (χ1n) is 8.46. The number of hydrogen-bond acceptors (Lipinski definition) is 5. The first kappa shape index (κ1) is 18.8. The summed E-state index contributed by atoms with van der Waals surface area (Å²) < 4.78 is 6.83. The number of rotatable bonds is 5. The smallest absolute Gasteiger partial charge is 0.338 e. The van der Waals surface area contributed by atoms with Gasteiger partial charge < -0.3 is 10.1 Å². The molecule has 140 valence electrons. The summed E-state index contributed by atoms with van der Waals surface area (Å²) in [5.41, 5.74) is 4.08. The Morgan fingerprint density at radius 2 is 2.00 bits per heavy atom. The molecule has 27 heavy (non-hydrogen) atoms. The lowest BCUT2D eigenvalue weighted by Gasteiger charge is -2.12. The topological polar surface area (TPSA) is 86.1 Å². The van der Waals surface area contributed by atoms with Crippen LogP contribution in [0.3, 0.4) is 0 Å². The van der Waals surface area contributed by atoms with Crippen LogP contribution in [0.5, 0.6) is 0 Å². The van der Waals surface area contributed by atoms with E-state index >= 15 is 0 Å². The van der Waals surface area contributed by atoms with E-state index < -0.39 is 18.5 Å². The molecular formula is C19H19ClN4O3. The molecule has 2 aromatic carbocycles. The van der Waals surface area contributed by atoms with Crippen LogP contribution in [-0.2, 0) is 16.1 Å². The van der Waals surface area contributed by atoms with Gasteiger partial charge in [-0.15, -0.1) is 5.10 Å². The number of aryl methyl sites for hydroxylation is 3. The second-order valence-electron chi connectivity index (χ2n) is 6.17. The van der Waals surface area contributed by atoms with Gasteiger partial charge in [0.05, 0.1) is 21.8 Å². The number of nitrogens with one attached hydrogen (secondary N) is 1. The number of halogens is 1. The van der Waals surface area contributed by atoms with Gasteiger partial charge in [0, 0.05) is 6.54 Å². The van der Waals surface area contributed by atoms with Gasteiger partial charge in [0.25, 0.3) is 5.91 Å². The van der Waals surface area contributed by atoms with Crippen molar-refractivity contribution in [2.75, 3.05) is 11.9 Å². The largest absolute Gasteiger partial charge is 0.452 e. The summed E-state index contributed by atoms with van der Waals surface area (Å²) in [5, 5.41) is 11.1. The van der Waals surface area contributed by atoms with Gasteiger partial charge in [-0.25, -0.2) is 9.48 Å². The highest BCUT2D eigenvalue weighted by Crippen LogP contribution is 2.27. The number of esters is 1. The number of ether oxygens (including phenoxy) is 1. The summed E-state index contributed by atoms with van der Waals surface area (Å²) in [6.45, 7) is 5.99. The highest BCUT2D eigenvalue weighted by atomic mass is 35.5. The first-order chi connectivity index (χ1) is 12.9. The van der Waals surface area contributed by atoms with E-state index in [1.54, 1.807) is 28.9 Å². The molecule has 7 nitrogen and oxygen atoms in total. The second kappa shape index (κ2) is 7.75. The molecule has 0 radical (unpaired) electrons. The van der Waals surface area contributed by atoms with E-state index in [2.05, 4.69) is 15.6 Å². The number of aromatic nitrogens is 3. The third-order valence-electron chi connectivity index (χ3n) is 4.08. The van der Waals surface area contributed by atoms with E-state index in [9.17, 15) is 9.59 Å². The summed E-state index contributed by atoms with van der Waals surface area (Å²) in [7, 11) is 0. The van der Waals surface area contributed by atoms with Gasteiger partial charge >= 0.3 is 5.97 Å². The fraction of sp³-hybridized carbons (Fsp3) is 0.263. The van der Waals surface area contributed by atoms with Crippen molar-refractivity contribution in [2.45, 2.75) is 27.3 Å². The van der Waals surface area contributed by atoms with E-state index in [0.29, 0.717) is 28.3 Å². The van der Waals surface area contributed by atoms with Crippen LogP contribution >= 0.6 is 11.6 Å². The van der Waals surface area contributed by atoms with Gasteiger partial charge in [0.2, 0.25) is 0 Å². The van der Waals surface area contributed by atoms with Gasteiger partial charge in [-0.2, -0.15) is 0 Å². The summed E-state index contributed by atoms with van der Waals surface area (Å²) in [6.07, 6.45) is 0. The van der Waals surface area contributed by atoms with Gasteiger partial charge in [-0.05, 0) is 56.2 Å². The third kappa shape index (κ3) is 4.09. The number of nitrogens with zero attached hydrogens (tertiary/aromatic N) is 3. The van der Waals surface area contributed by atoms with E-state index in [0.717, 1.165) is 16.6 Å². The SMILES string of the molecule is CCn1nnc2cc(C(=O)OCC(=O)Nc3c(C)cc(C)cc3Cl)ccc21. The Morgan fingerprint density at radius 1 is 1.22 bits per heavy atom. The fourth-order valence-electron chi connectivity index (χ4n) is 2.80. The molecule has 3 rings (SSSR count). The first-order valence-corrected chi connectivity index (χ1v) is 8.83. The number of hydrogen-bond donors (Lipinski definition) is 1. The van der Waals surface area contributed by atoms with Crippen molar-refractivity contribution in [2.24, 2.45) is 0 Å². The Labute approximate surface area is 161 Å². The van der Waals surface area contributed by atoms with Crippen LogP contribution in [0.4, 0.5) is 5.69 Å². The number of fused-ring (bicyclic) bond motifs is 1. The normalized spacial score (nSPS) is 10.8. The van der Waals surface area contributed by atoms with Gasteiger partial charge in [0.1, 0.15) is 5.52 Å². The van der Waals surface area contributed by atoms with Crippen LogP contribution in [0.2, 0.25) is 5.02 Å². The molecule has 8 heteroatoms. The van der Waals surface area contributed by atoms with Crippen molar-refractivity contribution in [3.8, 4) is 0 Å². The quantitative estimate of drug-likeness (QED) is 0.678. The molecule has 0 spiro atoms. The Kier molecular flexibility index (Phi) is 5.41. The molecule has 1 aromatic heterocycles. The zero-order chi connectivity index (χ0) is 19.6. The number of carbonyl (C=O) groups excluding carboxylic acids is 2. The highest BCUT2D eigenvalue weighted by Gasteiger charge is 2.14. The van der Waals surface area contributed by atoms with Crippen molar-refractivity contribution in [1.29, 1.82) is 0 Å².